The lowest BCUT2D eigenvalue weighted by Crippen LogP contribution is -2.37. The van der Waals surface area contributed by atoms with Gasteiger partial charge in [0, 0.05) is 6.42 Å². The number of carboxylic acids is 1. The zero-order chi connectivity index (χ0) is 24.9. The van der Waals surface area contributed by atoms with Crippen LogP contribution in [-0.4, -0.2) is 57.9 Å². The summed E-state index contributed by atoms with van der Waals surface area (Å²) in [7, 11) is 0. The van der Waals surface area contributed by atoms with Crippen LogP contribution in [0, 0.1) is 16.9 Å². The summed E-state index contributed by atoms with van der Waals surface area (Å²) in [5, 5.41) is 49.6. The van der Waals surface area contributed by atoms with Gasteiger partial charge < -0.3 is 31.3 Å². The highest BCUT2D eigenvalue weighted by Gasteiger charge is 2.26. The molecule has 0 radical (unpaired) electrons. The van der Waals surface area contributed by atoms with Gasteiger partial charge in [-0.05, 0) is 6.42 Å². The Morgan fingerprint density at radius 1 is 0.688 bits per heavy atom. The molecule has 0 rings (SSSR count). The molecule has 0 aromatic heterocycles. The van der Waals surface area contributed by atoms with Crippen LogP contribution in [0.5, 0.6) is 0 Å². The van der Waals surface area contributed by atoms with E-state index in [1.54, 1.807) is 0 Å². The standard InChI is InChI=1S/C18H36O2.C5H12O4.CH2N2/c1-2-3-4-5-6-7-8-9-10-11-12-13-14-15-16-17-18(19)20;6-1-5(2-7,3-8)4-9;2-1-3/h2-17H2,1H3,(H,19,20);6-9H,1-4H2;2H2. The Labute approximate surface area is 195 Å². The maximum Gasteiger partial charge on any atom is 0.303 e. The minimum atomic E-state index is -1.11. The average Bonchev–Trinajstić information content (AvgIpc) is 2.79. The van der Waals surface area contributed by atoms with E-state index < -0.39 is 37.8 Å². The molecule has 32 heavy (non-hydrogen) atoms. The van der Waals surface area contributed by atoms with E-state index in [-0.39, 0.29) is 0 Å². The Kier molecular flexibility index (Phi) is 32.6. The summed E-state index contributed by atoms with van der Waals surface area (Å²) in [4.78, 5) is 10.3. The van der Waals surface area contributed by atoms with Crippen molar-refractivity contribution in [2.75, 3.05) is 26.4 Å². The molecule has 0 amide bonds. The van der Waals surface area contributed by atoms with E-state index in [1.165, 1.54) is 89.7 Å². The Morgan fingerprint density at radius 2 is 0.938 bits per heavy atom. The molecule has 0 atom stereocenters. The van der Waals surface area contributed by atoms with Crippen LogP contribution in [0.4, 0.5) is 0 Å². The number of aliphatic hydroxyl groups is 4. The van der Waals surface area contributed by atoms with E-state index in [9.17, 15) is 4.79 Å². The van der Waals surface area contributed by atoms with Gasteiger partial charge in [-0.3, -0.25) is 4.79 Å². The van der Waals surface area contributed by atoms with Crippen molar-refractivity contribution in [3.8, 4) is 6.19 Å². The van der Waals surface area contributed by atoms with Gasteiger partial charge in [0.2, 0.25) is 0 Å². The van der Waals surface area contributed by atoms with Crippen molar-refractivity contribution >= 4 is 5.97 Å². The first-order valence-electron chi connectivity index (χ1n) is 12.2. The van der Waals surface area contributed by atoms with Gasteiger partial charge in [-0.25, -0.2) is 0 Å². The molecule has 0 aliphatic rings. The molecule has 0 aliphatic carbocycles. The Hall–Kier alpha value is -1.40. The summed E-state index contributed by atoms with van der Waals surface area (Å²) in [6.07, 6.45) is 21.4. The van der Waals surface area contributed by atoms with Crippen LogP contribution in [0.2, 0.25) is 0 Å². The van der Waals surface area contributed by atoms with Crippen molar-refractivity contribution in [2.24, 2.45) is 11.1 Å². The molecule has 0 unspecified atom stereocenters. The van der Waals surface area contributed by atoms with Crippen molar-refractivity contribution in [2.45, 2.75) is 110 Å². The molecule has 8 nitrogen and oxygen atoms in total. The van der Waals surface area contributed by atoms with Crippen molar-refractivity contribution in [3.63, 3.8) is 0 Å². The van der Waals surface area contributed by atoms with Gasteiger partial charge in [-0.2, -0.15) is 5.26 Å². The molecule has 0 heterocycles. The van der Waals surface area contributed by atoms with Gasteiger partial charge in [-0.1, -0.05) is 96.8 Å². The molecule has 7 N–H and O–H groups in total. The van der Waals surface area contributed by atoms with E-state index in [4.69, 9.17) is 30.8 Å². The van der Waals surface area contributed by atoms with Gasteiger partial charge in [-0.15, -0.1) is 0 Å². The predicted octanol–water partition coefficient (Wildman–Crippen LogP) is 3.70. The van der Waals surface area contributed by atoms with Crippen molar-refractivity contribution < 1.29 is 30.3 Å². The maximum atomic E-state index is 10.3. The van der Waals surface area contributed by atoms with Crippen LogP contribution in [0.1, 0.15) is 110 Å². The molecule has 0 fully saturated rings. The highest BCUT2D eigenvalue weighted by atomic mass is 16.4. The fraction of sp³-hybridized carbons (Fsp3) is 0.917. The number of rotatable bonds is 20. The van der Waals surface area contributed by atoms with Gasteiger partial charge >= 0.3 is 5.97 Å². The van der Waals surface area contributed by atoms with E-state index >= 15 is 0 Å². The first kappa shape index (κ1) is 35.2. The summed E-state index contributed by atoms with van der Waals surface area (Å²) < 4.78 is 0. The summed E-state index contributed by atoms with van der Waals surface area (Å²) in [6.45, 7) is 0.645. The van der Waals surface area contributed by atoms with Crippen molar-refractivity contribution in [3.05, 3.63) is 0 Å². The molecular formula is C24H50N2O6. The second-order valence-electron chi connectivity index (χ2n) is 8.36. The molecule has 0 saturated carbocycles. The number of hydrogen-bond donors (Lipinski definition) is 6. The molecule has 0 saturated heterocycles. The van der Waals surface area contributed by atoms with Crippen LogP contribution in [0.15, 0.2) is 0 Å². The SMILES string of the molecule is CCCCCCCCCCCCCCCCCC(=O)O.N#CN.OCC(CO)(CO)CO. The fourth-order valence-electron chi connectivity index (χ4n) is 2.95. The summed E-state index contributed by atoms with van der Waals surface area (Å²) >= 11 is 0. The Balaban J connectivity index is -0.000000580. The van der Waals surface area contributed by atoms with E-state index in [0.29, 0.717) is 6.42 Å². The predicted molar refractivity (Wildman–Crippen MR) is 128 cm³/mol. The summed E-state index contributed by atoms with van der Waals surface area (Å²) in [5.41, 5.74) is 3.04. The molecule has 0 aromatic rings. The first-order chi connectivity index (χ1) is 15.4. The van der Waals surface area contributed by atoms with Crippen LogP contribution in [0.3, 0.4) is 0 Å². The number of carboxylic acid groups (broad SMARTS) is 1. The average molecular weight is 463 g/mol. The molecule has 0 aromatic carbocycles. The zero-order valence-electron chi connectivity index (χ0n) is 20.3. The summed E-state index contributed by atoms with van der Waals surface area (Å²) in [5.74, 6) is -0.653. The number of aliphatic hydroxyl groups excluding tert-OH is 4. The number of nitrogens with zero attached hydrogens (tertiary/aromatic N) is 1. The van der Waals surface area contributed by atoms with Crippen molar-refractivity contribution in [1.29, 1.82) is 5.26 Å². The number of carbonyl (C=O) groups is 1. The summed E-state index contributed by atoms with van der Waals surface area (Å²) in [6, 6.07) is 0. The quantitative estimate of drug-likeness (QED) is 0.0904. The van der Waals surface area contributed by atoms with Gasteiger partial charge in [0.05, 0.1) is 31.8 Å². The third kappa shape index (κ3) is 28.6. The number of nitriles is 1. The van der Waals surface area contributed by atoms with Crippen LogP contribution in [-0.2, 0) is 4.79 Å². The monoisotopic (exact) mass is 462 g/mol. The number of hydrogen-bond acceptors (Lipinski definition) is 7. The topological polar surface area (TPSA) is 168 Å². The van der Waals surface area contributed by atoms with Crippen LogP contribution in [0.25, 0.3) is 0 Å². The maximum absolute atomic E-state index is 10.3. The normalized spacial score (nSPS) is 10.4. The van der Waals surface area contributed by atoms with Crippen molar-refractivity contribution in [1.82, 2.24) is 0 Å². The Morgan fingerprint density at radius 3 is 1.12 bits per heavy atom. The molecule has 0 bridgehead atoms. The minimum absolute atomic E-state index is 0.345. The van der Waals surface area contributed by atoms with Gasteiger partial charge in [0.25, 0.3) is 0 Å². The van der Waals surface area contributed by atoms with Crippen LogP contribution < -0.4 is 5.73 Å². The molecule has 8 heteroatoms. The first-order valence-corrected chi connectivity index (χ1v) is 12.2. The highest BCUT2D eigenvalue weighted by Crippen LogP contribution is 2.14. The number of aliphatic carboxylic acids is 1. The molecule has 0 aliphatic heterocycles. The lowest BCUT2D eigenvalue weighted by molar-refractivity contribution is -0.137. The zero-order valence-corrected chi connectivity index (χ0v) is 20.3. The molecule has 0 spiro atoms. The fourth-order valence-corrected chi connectivity index (χ4v) is 2.95. The second-order valence-corrected chi connectivity index (χ2v) is 8.36. The minimum Gasteiger partial charge on any atom is -0.481 e. The number of nitrogens with two attached hydrogens (primary N) is 1. The van der Waals surface area contributed by atoms with Crippen LogP contribution >= 0.6 is 0 Å². The second kappa shape index (κ2) is 29.6. The van der Waals surface area contributed by atoms with Gasteiger partial charge in [0.15, 0.2) is 6.19 Å². The third-order valence-corrected chi connectivity index (χ3v) is 5.34. The lowest BCUT2D eigenvalue weighted by atomic mass is 9.93. The molecular weight excluding hydrogens is 412 g/mol. The largest absolute Gasteiger partial charge is 0.481 e. The third-order valence-electron chi connectivity index (χ3n) is 5.34. The number of unbranched alkanes of at least 4 members (excludes halogenated alkanes) is 14. The van der Waals surface area contributed by atoms with E-state index in [0.717, 1.165) is 12.8 Å². The smallest absolute Gasteiger partial charge is 0.303 e. The van der Waals surface area contributed by atoms with E-state index in [2.05, 4.69) is 12.7 Å². The van der Waals surface area contributed by atoms with E-state index in [1.807, 2.05) is 0 Å². The Bertz CT molecular complexity index is 394. The lowest BCUT2D eigenvalue weighted by Gasteiger charge is -2.23. The van der Waals surface area contributed by atoms with Gasteiger partial charge in [0.1, 0.15) is 0 Å². The highest BCUT2D eigenvalue weighted by molar-refractivity contribution is 5.66. The molecule has 192 valence electrons.